The molecule has 0 aliphatic heterocycles. The lowest BCUT2D eigenvalue weighted by Gasteiger charge is -2.35. The molecule has 2 aliphatic rings. The van der Waals surface area contributed by atoms with Gasteiger partial charge in [-0.3, -0.25) is 0 Å². The van der Waals surface area contributed by atoms with Gasteiger partial charge in [0.1, 0.15) is 0 Å². The Hall–Kier alpha value is -0.0800. The van der Waals surface area contributed by atoms with E-state index in [-0.39, 0.29) is 0 Å². The van der Waals surface area contributed by atoms with E-state index in [2.05, 4.69) is 31.1 Å². The molecule has 0 spiro atoms. The molecule has 0 aromatic carbocycles. The second-order valence-electron chi connectivity index (χ2n) is 7.45. The number of rotatable bonds is 6. The van der Waals surface area contributed by atoms with Crippen LogP contribution in [0.5, 0.6) is 0 Å². The van der Waals surface area contributed by atoms with Crippen LogP contribution in [0.4, 0.5) is 0 Å². The molecule has 3 atom stereocenters. The monoisotopic (exact) mass is 280 g/mol. The van der Waals surface area contributed by atoms with Gasteiger partial charge in [-0.15, -0.1) is 0 Å². The Bertz CT molecular complexity index is 260. The van der Waals surface area contributed by atoms with Crippen LogP contribution < -0.4 is 5.32 Å². The minimum absolute atomic E-state index is 0.777. The molecule has 0 bridgehead atoms. The van der Waals surface area contributed by atoms with Gasteiger partial charge >= 0.3 is 0 Å². The predicted octanol–water partition coefficient (Wildman–Crippen LogP) is 4.06. The van der Waals surface area contributed by atoms with Crippen molar-refractivity contribution in [3.8, 4) is 0 Å². The zero-order valence-electron chi connectivity index (χ0n) is 14.0. The molecule has 2 fully saturated rings. The molecule has 2 aliphatic carbocycles. The van der Waals surface area contributed by atoms with E-state index in [4.69, 9.17) is 0 Å². The fourth-order valence-corrected chi connectivity index (χ4v) is 4.19. The first kappa shape index (κ1) is 16.3. The van der Waals surface area contributed by atoms with Gasteiger partial charge < -0.3 is 10.2 Å². The van der Waals surface area contributed by atoms with Crippen LogP contribution in [0.1, 0.15) is 71.6 Å². The van der Waals surface area contributed by atoms with Crippen LogP contribution in [0.3, 0.4) is 0 Å². The highest BCUT2D eigenvalue weighted by molar-refractivity contribution is 4.82. The number of hydrogen-bond acceptors (Lipinski definition) is 2. The standard InChI is InChI=1S/C18H36N2/c1-15-9-7-12-18(16(15)2)19-13-8-14-20(3)17-10-5-4-6-11-17/h15-19H,4-14H2,1-3H3. The average Bonchev–Trinajstić information content (AvgIpc) is 2.48. The number of nitrogens with zero attached hydrogens (tertiary/aromatic N) is 1. The van der Waals surface area contributed by atoms with Crippen LogP contribution in [-0.2, 0) is 0 Å². The van der Waals surface area contributed by atoms with E-state index in [0.717, 1.165) is 23.9 Å². The third-order valence-electron chi connectivity index (χ3n) is 6.00. The van der Waals surface area contributed by atoms with Gasteiger partial charge in [-0.05, 0) is 57.7 Å². The molecule has 0 amide bonds. The molecule has 0 heterocycles. The maximum Gasteiger partial charge on any atom is 0.00952 e. The smallest absolute Gasteiger partial charge is 0.00952 e. The van der Waals surface area contributed by atoms with Crippen LogP contribution >= 0.6 is 0 Å². The zero-order chi connectivity index (χ0) is 14.4. The van der Waals surface area contributed by atoms with E-state index in [0.29, 0.717) is 0 Å². The summed E-state index contributed by atoms with van der Waals surface area (Å²) in [7, 11) is 2.33. The van der Waals surface area contributed by atoms with Crippen molar-refractivity contribution in [2.75, 3.05) is 20.1 Å². The lowest BCUT2D eigenvalue weighted by Crippen LogP contribution is -2.42. The van der Waals surface area contributed by atoms with Gasteiger partial charge in [0.2, 0.25) is 0 Å². The molecule has 0 aromatic rings. The Morgan fingerprint density at radius 2 is 1.70 bits per heavy atom. The highest BCUT2D eigenvalue weighted by atomic mass is 15.1. The van der Waals surface area contributed by atoms with Gasteiger partial charge in [0.05, 0.1) is 0 Å². The molecule has 20 heavy (non-hydrogen) atoms. The predicted molar refractivity (Wildman–Crippen MR) is 88.1 cm³/mol. The molecule has 2 rings (SSSR count). The van der Waals surface area contributed by atoms with E-state index in [9.17, 15) is 0 Å². The molecule has 2 saturated carbocycles. The second-order valence-corrected chi connectivity index (χ2v) is 7.45. The number of hydrogen-bond donors (Lipinski definition) is 1. The molecule has 0 saturated heterocycles. The summed E-state index contributed by atoms with van der Waals surface area (Å²) < 4.78 is 0. The van der Waals surface area contributed by atoms with Gasteiger partial charge in [0.25, 0.3) is 0 Å². The molecule has 2 nitrogen and oxygen atoms in total. The minimum Gasteiger partial charge on any atom is -0.314 e. The minimum atomic E-state index is 0.777. The topological polar surface area (TPSA) is 15.3 Å². The van der Waals surface area contributed by atoms with Crippen LogP contribution in [-0.4, -0.2) is 37.1 Å². The van der Waals surface area contributed by atoms with E-state index in [1.54, 1.807) is 0 Å². The fourth-order valence-electron chi connectivity index (χ4n) is 4.19. The van der Waals surface area contributed by atoms with Crippen molar-refractivity contribution in [3.05, 3.63) is 0 Å². The van der Waals surface area contributed by atoms with Crippen molar-refractivity contribution in [1.29, 1.82) is 0 Å². The van der Waals surface area contributed by atoms with E-state index >= 15 is 0 Å². The summed E-state index contributed by atoms with van der Waals surface area (Å²) in [6.07, 6.45) is 12.8. The van der Waals surface area contributed by atoms with Crippen molar-refractivity contribution >= 4 is 0 Å². The first-order chi connectivity index (χ1) is 9.68. The van der Waals surface area contributed by atoms with Crippen molar-refractivity contribution in [2.24, 2.45) is 11.8 Å². The Morgan fingerprint density at radius 1 is 0.950 bits per heavy atom. The van der Waals surface area contributed by atoms with Gasteiger partial charge in [0.15, 0.2) is 0 Å². The molecule has 118 valence electrons. The Morgan fingerprint density at radius 3 is 2.45 bits per heavy atom. The lowest BCUT2D eigenvalue weighted by molar-refractivity contribution is 0.180. The summed E-state index contributed by atoms with van der Waals surface area (Å²) in [4.78, 5) is 2.62. The quantitative estimate of drug-likeness (QED) is 0.738. The molecular formula is C18H36N2. The second kappa shape index (κ2) is 8.38. The summed E-state index contributed by atoms with van der Waals surface area (Å²) in [6, 6.07) is 1.65. The van der Waals surface area contributed by atoms with Gasteiger partial charge in [-0.1, -0.05) is 46.0 Å². The molecule has 1 N–H and O–H groups in total. The summed E-state index contributed by atoms with van der Waals surface area (Å²) >= 11 is 0. The van der Waals surface area contributed by atoms with E-state index in [1.165, 1.54) is 70.9 Å². The number of nitrogens with one attached hydrogen (secondary N) is 1. The van der Waals surface area contributed by atoms with Crippen LogP contribution in [0.25, 0.3) is 0 Å². The van der Waals surface area contributed by atoms with Gasteiger partial charge in [-0.25, -0.2) is 0 Å². The summed E-state index contributed by atoms with van der Waals surface area (Å²) in [5.74, 6) is 1.77. The van der Waals surface area contributed by atoms with Crippen molar-refractivity contribution in [3.63, 3.8) is 0 Å². The fraction of sp³-hybridized carbons (Fsp3) is 1.00. The molecule has 3 unspecified atom stereocenters. The Labute approximate surface area is 126 Å². The van der Waals surface area contributed by atoms with Gasteiger partial charge in [0, 0.05) is 12.1 Å². The van der Waals surface area contributed by atoms with Crippen LogP contribution in [0.2, 0.25) is 0 Å². The van der Waals surface area contributed by atoms with Crippen LogP contribution in [0.15, 0.2) is 0 Å². The molecule has 2 heteroatoms. The van der Waals surface area contributed by atoms with E-state index in [1.807, 2.05) is 0 Å². The average molecular weight is 280 g/mol. The third kappa shape index (κ3) is 4.73. The first-order valence-electron chi connectivity index (χ1n) is 9.12. The summed E-state index contributed by atoms with van der Waals surface area (Å²) in [5.41, 5.74) is 0. The van der Waals surface area contributed by atoms with Gasteiger partial charge in [-0.2, -0.15) is 0 Å². The Balaban J connectivity index is 1.58. The highest BCUT2D eigenvalue weighted by Crippen LogP contribution is 2.29. The van der Waals surface area contributed by atoms with Crippen molar-refractivity contribution in [1.82, 2.24) is 10.2 Å². The zero-order valence-corrected chi connectivity index (χ0v) is 14.0. The molecule has 0 aromatic heterocycles. The van der Waals surface area contributed by atoms with E-state index < -0.39 is 0 Å². The maximum atomic E-state index is 3.83. The molecule has 0 radical (unpaired) electrons. The van der Waals surface area contributed by atoms with Crippen molar-refractivity contribution in [2.45, 2.75) is 83.7 Å². The van der Waals surface area contributed by atoms with Crippen LogP contribution in [0, 0.1) is 11.8 Å². The first-order valence-corrected chi connectivity index (χ1v) is 9.12. The SMILES string of the molecule is CC1CCCC(NCCCN(C)C2CCCCC2)C1C. The summed E-state index contributed by atoms with van der Waals surface area (Å²) in [5, 5.41) is 3.83. The highest BCUT2D eigenvalue weighted by Gasteiger charge is 2.26. The molecular weight excluding hydrogens is 244 g/mol. The largest absolute Gasteiger partial charge is 0.314 e. The Kier molecular flexibility index (Phi) is 6.83. The third-order valence-corrected chi connectivity index (χ3v) is 6.00. The maximum absolute atomic E-state index is 3.83. The normalized spacial score (nSPS) is 32.7. The van der Waals surface area contributed by atoms with Crippen molar-refractivity contribution < 1.29 is 0 Å². The summed E-state index contributed by atoms with van der Waals surface area (Å²) in [6.45, 7) is 7.35. The lowest BCUT2D eigenvalue weighted by atomic mass is 9.78.